The lowest BCUT2D eigenvalue weighted by Crippen LogP contribution is -2.05. The van der Waals surface area contributed by atoms with Crippen LogP contribution in [-0.4, -0.2) is 13.0 Å². The highest BCUT2D eigenvalue weighted by molar-refractivity contribution is 7.85. The summed E-state index contributed by atoms with van der Waals surface area (Å²) in [7, 11) is -4.25. The molecule has 2 rings (SSSR count). The molecule has 4 heteroatoms. The van der Waals surface area contributed by atoms with Gasteiger partial charge < -0.3 is 0 Å². The van der Waals surface area contributed by atoms with E-state index in [1.54, 1.807) is 6.07 Å². The van der Waals surface area contributed by atoms with Gasteiger partial charge in [-0.05, 0) is 53.6 Å². The molecular weight excluding hydrogens is 512 g/mol. The fourth-order valence-electron chi connectivity index (χ4n) is 6.16. The highest BCUT2D eigenvalue weighted by Gasteiger charge is 2.19. The van der Waals surface area contributed by atoms with Crippen molar-refractivity contribution in [2.75, 3.05) is 0 Å². The number of rotatable bonds is 25. The van der Waals surface area contributed by atoms with Crippen molar-refractivity contribution in [3.05, 3.63) is 41.5 Å². The van der Waals surface area contributed by atoms with Gasteiger partial charge >= 0.3 is 0 Å². The zero-order valence-electron chi connectivity index (χ0n) is 26.0. The largest absolute Gasteiger partial charge is 0.294 e. The first-order valence-corrected chi connectivity index (χ1v) is 18.4. The van der Waals surface area contributed by atoms with E-state index in [1.807, 2.05) is 6.07 Å². The molecule has 2 aromatic carbocycles. The molecule has 0 radical (unpaired) electrons. The minimum absolute atomic E-state index is 0.110. The van der Waals surface area contributed by atoms with Crippen molar-refractivity contribution in [1.82, 2.24) is 0 Å². The molecule has 2 aromatic rings. The summed E-state index contributed by atoms with van der Waals surface area (Å²) in [6.07, 6.45) is 30.1. The van der Waals surface area contributed by atoms with Crippen LogP contribution in [0.15, 0.2) is 35.2 Å². The Morgan fingerprint density at radius 1 is 0.525 bits per heavy atom. The number of benzene rings is 2. The van der Waals surface area contributed by atoms with Crippen LogP contribution in [0.4, 0.5) is 0 Å². The number of aryl methyl sites for hydroxylation is 2. The maximum absolute atomic E-state index is 12.3. The third-order valence-electron chi connectivity index (χ3n) is 8.55. The maximum Gasteiger partial charge on any atom is 0.294 e. The van der Waals surface area contributed by atoms with E-state index in [1.165, 1.54) is 128 Å². The molecular formula is C36H60O3S. The van der Waals surface area contributed by atoms with Crippen LogP contribution in [-0.2, 0) is 23.0 Å². The third-order valence-corrected chi connectivity index (χ3v) is 9.49. The zero-order chi connectivity index (χ0) is 28.9. The molecule has 0 aliphatic heterocycles. The van der Waals surface area contributed by atoms with Gasteiger partial charge in [-0.3, -0.25) is 4.55 Å². The van der Waals surface area contributed by atoms with Gasteiger partial charge in [0.05, 0.1) is 4.90 Å². The smallest absolute Gasteiger partial charge is 0.282 e. The van der Waals surface area contributed by atoms with Crippen molar-refractivity contribution in [3.8, 4) is 0 Å². The van der Waals surface area contributed by atoms with Crippen molar-refractivity contribution >= 4 is 20.9 Å². The normalized spacial score (nSPS) is 12.0. The second kappa shape index (κ2) is 21.3. The SMILES string of the molecule is CCCCCCCCCCCCCc1cccc2ccc(S(=O)(=O)O)c(CCCCCCCCCCCCC)c12. The first-order valence-electron chi connectivity index (χ1n) is 17.0. The van der Waals surface area contributed by atoms with E-state index in [0.717, 1.165) is 42.0 Å². The highest BCUT2D eigenvalue weighted by atomic mass is 32.2. The van der Waals surface area contributed by atoms with Gasteiger partial charge in [0, 0.05) is 0 Å². The molecule has 40 heavy (non-hydrogen) atoms. The third kappa shape index (κ3) is 14.0. The zero-order valence-corrected chi connectivity index (χ0v) is 26.8. The summed E-state index contributed by atoms with van der Waals surface area (Å²) in [6, 6.07) is 9.81. The van der Waals surface area contributed by atoms with E-state index in [2.05, 4.69) is 32.0 Å². The van der Waals surface area contributed by atoms with Gasteiger partial charge in [-0.1, -0.05) is 167 Å². The lowest BCUT2D eigenvalue weighted by atomic mass is 9.92. The Kier molecular flexibility index (Phi) is 18.6. The molecule has 0 aromatic heterocycles. The summed E-state index contributed by atoms with van der Waals surface area (Å²) < 4.78 is 34.7. The summed E-state index contributed by atoms with van der Waals surface area (Å²) in [5.74, 6) is 0. The Morgan fingerprint density at radius 3 is 1.40 bits per heavy atom. The monoisotopic (exact) mass is 572 g/mol. The Morgan fingerprint density at radius 2 is 0.950 bits per heavy atom. The second-order valence-electron chi connectivity index (χ2n) is 12.1. The average molecular weight is 573 g/mol. The molecule has 0 atom stereocenters. The van der Waals surface area contributed by atoms with Gasteiger partial charge in [0.25, 0.3) is 10.1 Å². The predicted molar refractivity (Wildman–Crippen MR) is 174 cm³/mol. The van der Waals surface area contributed by atoms with E-state index >= 15 is 0 Å². The predicted octanol–water partition coefficient (Wildman–Crippen LogP) is 11.8. The van der Waals surface area contributed by atoms with Crippen molar-refractivity contribution in [2.45, 2.75) is 173 Å². The van der Waals surface area contributed by atoms with Gasteiger partial charge in [-0.2, -0.15) is 8.42 Å². The molecule has 0 fully saturated rings. The van der Waals surface area contributed by atoms with Crippen LogP contribution >= 0.6 is 0 Å². The minimum atomic E-state index is -4.25. The molecule has 0 spiro atoms. The molecule has 0 saturated heterocycles. The number of unbranched alkanes of at least 4 members (excludes halogenated alkanes) is 20. The lowest BCUT2D eigenvalue weighted by molar-refractivity contribution is 0.482. The fraction of sp³-hybridized carbons (Fsp3) is 0.722. The Labute approximate surface area is 247 Å². The standard InChI is InChI=1S/C36H60O3S/c1-3-5-7-9-11-13-15-17-19-21-23-26-32-27-25-28-33-30-31-35(40(37,38)39)34(36(32)33)29-24-22-20-18-16-14-12-10-8-6-4-2/h25,27-28,30-31H,3-24,26,29H2,1-2H3,(H,37,38,39). The van der Waals surface area contributed by atoms with Crippen LogP contribution in [0.1, 0.15) is 166 Å². The summed E-state index contributed by atoms with van der Waals surface area (Å²) >= 11 is 0. The molecule has 0 aliphatic rings. The molecule has 0 heterocycles. The number of hydrogen-bond donors (Lipinski definition) is 1. The molecule has 0 unspecified atom stereocenters. The lowest BCUT2D eigenvalue weighted by Gasteiger charge is -2.15. The fourth-order valence-corrected chi connectivity index (χ4v) is 6.92. The molecule has 0 saturated carbocycles. The van der Waals surface area contributed by atoms with Crippen LogP contribution < -0.4 is 0 Å². The van der Waals surface area contributed by atoms with Gasteiger partial charge in [0.2, 0.25) is 0 Å². The Hall–Kier alpha value is -1.39. The van der Waals surface area contributed by atoms with Crippen molar-refractivity contribution in [2.24, 2.45) is 0 Å². The first-order chi connectivity index (χ1) is 19.5. The Bertz CT molecular complexity index is 1030. The van der Waals surface area contributed by atoms with Crippen LogP contribution in [0.3, 0.4) is 0 Å². The summed E-state index contributed by atoms with van der Waals surface area (Å²) in [6.45, 7) is 4.53. The number of hydrogen-bond acceptors (Lipinski definition) is 2. The maximum atomic E-state index is 12.3. The summed E-state index contributed by atoms with van der Waals surface area (Å²) in [5, 5.41) is 2.16. The molecule has 0 aliphatic carbocycles. The average Bonchev–Trinajstić information content (AvgIpc) is 2.94. The topological polar surface area (TPSA) is 54.4 Å². The molecule has 1 N–H and O–H groups in total. The van der Waals surface area contributed by atoms with E-state index in [4.69, 9.17) is 0 Å². The molecule has 0 amide bonds. The van der Waals surface area contributed by atoms with Crippen LogP contribution in [0.5, 0.6) is 0 Å². The molecule has 228 valence electrons. The van der Waals surface area contributed by atoms with E-state index < -0.39 is 10.1 Å². The van der Waals surface area contributed by atoms with Gasteiger partial charge in [-0.25, -0.2) is 0 Å². The highest BCUT2D eigenvalue weighted by Crippen LogP contribution is 2.31. The van der Waals surface area contributed by atoms with Crippen molar-refractivity contribution < 1.29 is 13.0 Å². The van der Waals surface area contributed by atoms with Crippen LogP contribution in [0.2, 0.25) is 0 Å². The molecule has 0 bridgehead atoms. The van der Waals surface area contributed by atoms with E-state index in [-0.39, 0.29) is 4.90 Å². The van der Waals surface area contributed by atoms with E-state index in [0.29, 0.717) is 6.42 Å². The van der Waals surface area contributed by atoms with Crippen molar-refractivity contribution in [1.29, 1.82) is 0 Å². The van der Waals surface area contributed by atoms with Gasteiger partial charge in [0.1, 0.15) is 0 Å². The Balaban J connectivity index is 1.86. The number of fused-ring (bicyclic) bond motifs is 1. The summed E-state index contributed by atoms with van der Waals surface area (Å²) in [5.41, 5.74) is 2.06. The van der Waals surface area contributed by atoms with E-state index in [9.17, 15) is 13.0 Å². The van der Waals surface area contributed by atoms with Gasteiger partial charge in [-0.15, -0.1) is 0 Å². The second-order valence-corrected chi connectivity index (χ2v) is 13.5. The quantitative estimate of drug-likeness (QED) is 0.0950. The van der Waals surface area contributed by atoms with Crippen molar-refractivity contribution in [3.63, 3.8) is 0 Å². The minimum Gasteiger partial charge on any atom is -0.282 e. The first kappa shape index (κ1) is 34.8. The van der Waals surface area contributed by atoms with Gasteiger partial charge in [0.15, 0.2) is 0 Å². The summed E-state index contributed by atoms with van der Waals surface area (Å²) in [4.78, 5) is 0.110. The van der Waals surface area contributed by atoms with Crippen LogP contribution in [0.25, 0.3) is 10.8 Å². The molecule has 3 nitrogen and oxygen atoms in total. The van der Waals surface area contributed by atoms with Crippen LogP contribution in [0, 0.1) is 0 Å².